The highest BCUT2D eigenvalue weighted by atomic mass is 79.9. The summed E-state index contributed by atoms with van der Waals surface area (Å²) in [5.41, 5.74) is 4.68. The number of β-amino-alcohol motifs (C(OH)–C–C–N with tert-alkyl or cyclic N) is 1. The molecule has 1 aromatic rings. The van der Waals surface area contributed by atoms with Crippen molar-refractivity contribution in [2.45, 2.75) is 18.4 Å². The van der Waals surface area contributed by atoms with Crippen molar-refractivity contribution in [2.24, 2.45) is 5.73 Å². The molecule has 1 amide bonds. The Morgan fingerprint density at radius 1 is 1.59 bits per heavy atom. The highest BCUT2D eigenvalue weighted by molar-refractivity contribution is 9.10. The molecule has 0 aliphatic carbocycles. The summed E-state index contributed by atoms with van der Waals surface area (Å²) in [6.45, 7) is 1.01. The molecule has 2 rings (SSSR count). The van der Waals surface area contributed by atoms with E-state index in [0.29, 0.717) is 6.42 Å². The first-order chi connectivity index (χ1) is 8.01. The average molecular weight is 300 g/mol. The molecule has 0 saturated carbocycles. The van der Waals surface area contributed by atoms with Gasteiger partial charge in [0, 0.05) is 17.2 Å². The van der Waals surface area contributed by atoms with Crippen LogP contribution in [0.3, 0.4) is 0 Å². The van der Waals surface area contributed by atoms with Gasteiger partial charge in [-0.05, 0) is 34.8 Å². The molecule has 0 spiro atoms. The van der Waals surface area contributed by atoms with E-state index in [-0.39, 0.29) is 6.54 Å². The second-order valence-electron chi connectivity index (χ2n) is 4.28. The van der Waals surface area contributed by atoms with Gasteiger partial charge in [-0.15, -0.1) is 0 Å². The normalized spacial score (nSPS) is 24.7. The van der Waals surface area contributed by atoms with Gasteiger partial charge in [-0.1, -0.05) is 0 Å². The van der Waals surface area contributed by atoms with Gasteiger partial charge in [-0.3, -0.25) is 9.78 Å². The monoisotopic (exact) mass is 299 g/mol. The van der Waals surface area contributed by atoms with E-state index in [4.69, 9.17) is 5.73 Å². The van der Waals surface area contributed by atoms with Crippen LogP contribution in [0.1, 0.15) is 12.8 Å². The van der Waals surface area contributed by atoms with E-state index in [1.807, 2.05) is 11.0 Å². The van der Waals surface area contributed by atoms with Crippen molar-refractivity contribution < 1.29 is 9.90 Å². The van der Waals surface area contributed by atoms with E-state index in [9.17, 15) is 9.90 Å². The summed E-state index contributed by atoms with van der Waals surface area (Å²) in [4.78, 5) is 17.2. The number of carbonyl (C=O) groups is 1. The quantitative estimate of drug-likeness (QED) is 0.841. The zero-order chi connectivity index (χ0) is 12.5. The summed E-state index contributed by atoms with van der Waals surface area (Å²) in [5, 5.41) is 10.1. The topological polar surface area (TPSA) is 79.5 Å². The van der Waals surface area contributed by atoms with Crippen molar-refractivity contribution in [3.8, 4) is 0 Å². The van der Waals surface area contributed by atoms with E-state index in [2.05, 4.69) is 20.9 Å². The van der Waals surface area contributed by atoms with Crippen LogP contribution in [-0.4, -0.2) is 34.7 Å². The molecular weight excluding hydrogens is 286 g/mol. The van der Waals surface area contributed by atoms with Gasteiger partial charge in [0.2, 0.25) is 0 Å². The van der Waals surface area contributed by atoms with Gasteiger partial charge in [0.1, 0.15) is 0 Å². The van der Waals surface area contributed by atoms with E-state index in [1.165, 1.54) is 0 Å². The third kappa shape index (κ3) is 2.58. The van der Waals surface area contributed by atoms with Crippen molar-refractivity contribution in [2.75, 3.05) is 18.0 Å². The first-order valence-corrected chi connectivity index (χ1v) is 6.18. The minimum atomic E-state index is -1.43. The van der Waals surface area contributed by atoms with Gasteiger partial charge in [0.05, 0.1) is 18.4 Å². The smallest absolute Gasteiger partial charge is 0.251 e. The molecule has 92 valence electrons. The Labute approximate surface area is 108 Å². The molecule has 0 aromatic carbocycles. The van der Waals surface area contributed by atoms with Gasteiger partial charge >= 0.3 is 0 Å². The lowest BCUT2D eigenvalue weighted by atomic mass is 9.92. The fourth-order valence-electron chi connectivity index (χ4n) is 2.03. The molecular formula is C11H14BrN3O2. The zero-order valence-electron chi connectivity index (χ0n) is 9.27. The summed E-state index contributed by atoms with van der Waals surface area (Å²) in [7, 11) is 0. The second kappa shape index (κ2) is 4.62. The molecule has 2 heterocycles. The van der Waals surface area contributed by atoms with Crippen LogP contribution in [0.2, 0.25) is 0 Å². The Morgan fingerprint density at radius 3 is 3.00 bits per heavy atom. The lowest BCUT2D eigenvalue weighted by molar-refractivity contribution is -0.137. The van der Waals surface area contributed by atoms with Gasteiger partial charge < -0.3 is 15.7 Å². The number of halogens is 1. The average Bonchev–Trinajstić information content (AvgIpc) is 2.29. The van der Waals surface area contributed by atoms with Gasteiger partial charge in [0.25, 0.3) is 5.91 Å². The highest BCUT2D eigenvalue weighted by Crippen LogP contribution is 2.26. The standard InChI is InChI=1S/C11H14BrN3O2/c12-8-4-9(6-14-5-8)15-3-1-2-11(17,7-15)10(13)16/h4-6,17H,1-3,7H2,(H2,13,16). The Bertz CT molecular complexity index is 440. The van der Waals surface area contributed by atoms with Crippen LogP contribution in [0.5, 0.6) is 0 Å². The van der Waals surface area contributed by atoms with Gasteiger partial charge in [-0.2, -0.15) is 0 Å². The number of hydrogen-bond donors (Lipinski definition) is 2. The van der Waals surface area contributed by atoms with Crippen LogP contribution in [0.25, 0.3) is 0 Å². The molecule has 5 nitrogen and oxygen atoms in total. The van der Waals surface area contributed by atoms with Crippen molar-refractivity contribution in [3.63, 3.8) is 0 Å². The van der Waals surface area contributed by atoms with E-state index >= 15 is 0 Å². The number of anilines is 1. The lowest BCUT2D eigenvalue weighted by Crippen LogP contribution is -2.56. The van der Waals surface area contributed by atoms with Gasteiger partial charge in [-0.25, -0.2) is 0 Å². The van der Waals surface area contributed by atoms with Crippen molar-refractivity contribution >= 4 is 27.5 Å². The van der Waals surface area contributed by atoms with Crippen LogP contribution < -0.4 is 10.6 Å². The zero-order valence-corrected chi connectivity index (χ0v) is 10.9. The Balaban J connectivity index is 2.20. The van der Waals surface area contributed by atoms with Crippen LogP contribution in [0, 0.1) is 0 Å². The number of aromatic nitrogens is 1. The molecule has 1 atom stereocenters. The summed E-state index contributed by atoms with van der Waals surface area (Å²) in [6, 6.07) is 1.90. The molecule has 0 bridgehead atoms. The number of primary amides is 1. The van der Waals surface area contributed by atoms with Crippen molar-refractivity contribution in [1.82, 2.24) is 4.98 Å². The number of amides is 1. The number of carbonyl (C=O) groups excluding carboxylic acids is 1. The van der Waals surface area contributed by atoms with Crippen LogP contribution >= 0.6 is 15.9 Å². The molecule has 3 N–H and O–H groups in total. The van der Waals surface area contributed by atoms with Crippen LogP contribution in [-0.2, 0) is 4.79 Å². The Kier molecular flexibility index (Phi) is 3.35. The van der Waals surface area contributed by atoms with Crippen molar-refractivity contribution in [3.05, 3.63) is 22.9 Å². The number of aliphatic hydroxyl groups is 1. The number of hydrogen-bond acceptors (Lipinski definition) is 4. The molecule has 17 heavy (non-hydrogen) atoms. The maximum atomic E-state index is 11.2. The van der Waals surface area contributed by atoms with E-state index < -0.39 is 11.5 Å². The molecule has 0 radical (unpaired) electrons. The summed E-state index contributed by atoms with van der Waals surface area (Å²) in [5.74, 6) is -0.662. The highest BCUT2D eigenvalue weighted by Gasteiger charge is 2.38. The minimum absolute atomic E-state index is 0.223. The second-order valence-corrected chi connectivity index (χ2v) is 5.20. The minimum Gasteiger partial charge on any atom is -0.378 e. The third-order valence-corrected chi connectivity index (χ3v) is 3.42. The maximum absolute atomic E-state index is 11.2. The largest absolute Gasteiger partial charge is 0.378 e. The summed E-state index contributed by atoms with van der Waals surface area (Å²) >= 11 is 3.34. The first kappa shape index (κ1) is 12.3. The van der Waals surface area contributed by atoms with Crippen molar-refractivity contribution in [1.29, 1.82) is 0 Å². The molecule has 1 fully saturated rings. The third-order valence-electron chi connectivity index (χ3n) is 2.99. The summed E-state index contributed by atoms with van der Waals surface area (Å²) < 4.78 is 0.864. The molecule has 1 aromatic heterocycles. The van der Waals surface area contributed by atoms with E-state index in [0.717, 1.165) is 23.1 Å². The van der Waals surface area contributed by atoms with Gasteiger partial charge in [0.15, 0.2) is 5.60 Å². The molecule has 6 heteroatoms. The van der Waals surface area contributed by atoms with E-state index in [1.54, 1.807) is 12.4 Å². The molecule has 1 saturated heterocycles. The predicted octanol–water partition coefficient (Wildman–Crippen LogP) is 0.661. The fourth-order valence-corrected chi connectivity index (χ4v) is 2.38. The Morgan fingerprint density at radius 2 is 2.35 bits per heavy atom. The molecule has 1 aliphatic heterocycles. The summed E-state index contributed by atoms with van der Waals surface area (Å²) in [6.07, 6.45) is 4.54. The molecule has 1 aliphatic rings. The predicted molar refractivity (Wildman–Crippen MR) is 67.5 cm³/mol. The maximum Gasteiger partial charge on any atom is 0.251 e. The number of pyridine rings is 1. The number of nitrogens with two attached hydrogens (primary N) is 1. The number of nitrogens with zero attached hydrogens (tertiary/aromatic N) is 2. The SMILES string of the molecule is NC(=O)C1(O)CCCN(c2cncc(Br)c2)C1. The lowest BCUT2D eigenvalue weighted by Gasteiger charge is -2.38. The first-order valence-electron chi connectivity index (χ1n) is 5.39. The number of piperidine rings is 1. The number of rotatable bonds is 2. The van der Waals surface area contributed by atoms with Crippen LogP contribution in [0.15, 0.2) is 22.9 Å². The molecule has 1 unspecified atom stereocenters. The Hall–Kier alpha value is -1.14. The fraction of sp³-hybridized carbons (Fsp3) is 0.455. The van der Waals surface area contributed by atoms with Crippen LogP contribution in [0.4, 0.5) is 5.69 Å².